The Balaban J connectivity index is 1.94. The van der Waals surface area contributed by atoms with Gasteiger partial charge in [0, 0.05) is 28.1 Å². The van der Waals surface area contributed by atoms with Crippen LogP contribution in [0.5, 0.6) is 0 Å². The first-order valence-corrected chi connectivity index (χ1v) is 9.82. The molecular formula is C26H25FN4. The fourth-order valence-corrected chi connectivity index (χ4v) is 3.24. The van der Waals surface area contributed by atoms with E-state index in [1.807, 2.05) is 42.5 Å². The molecule has 3 aromatic carbocycles. The highest BCUT2D eigenvalue weighted by atomic mass is 19.1. The molecule has 3 rings (SSSR count). The minimum absolute atomic E-state index is 0.122. The Kier molecular flexibility index (Phi) is 6.78. The normalized spacial score (nSPS) is 11.1. The van der Waals surface area contributed by atoms with Crippen LogP contribution >= 0.6 is 0 Å². The lowest BCUT2D eigenvalue weighted by Gasteiger charge is -2.16. The summed E-state index contributed by atoms with van der Waals surface area (Å²) in [5, 5.41) is 11.7. The van der Waals surface area contributed by atoms with Crippen LogP contribution in [0.2, 0.25) is 0 Å². The molecule has 0 fully saturated rings. The number of anilines is 1. The average molecular weight is 413 g/mol. The van der Waals surface area contributed by atoms with Crippen LogP contribution in [0.3, 0.4) is 0 Å². The molecule has 0 radical (unpaired) electrons. The largest absolute Gasteiger partial charge is 0.398 e. The molecule has 4 N–H and O–H groups in total. The molecule has 0 heterocycles. The van der Waals surface area contributed by atoms with Gasteiger partial charge in [0.1, 0.15) is 11.7 Å². The van der Waals surface area contributed by atoms with Crippen molar-refractivity contribution in [3.8, 4) is 0 Å². The van der Waals surface area contributed by atoms with Crippen molar-refractivity contribution in [3.63, 3.8) is 0 Å². The topological polar surface area (TPSA) is 74.3 Å². The van der Waals surface area contributed by atoms with E-state index in [4.69, 9.17) is 11.1 Å². The zero-order valence-corrected chi connectivity index (χ0v) is 17.5. The summed E-state index contributed by atoms with van der Waals surface area (Å²) in [5.41, 5.74) is 11.0. The first-order valence-electron chi connectivity index (χ1n) is 9.82. The Morgan fingerprint density at radius 3 is 2.39 bits per heavy atom. The van der Waals surface area contributed by atoms with Crippen LogP contribution in [0.1, 0.15) is 27.8 Å². The highest BCUT2D eigenvalue weighted by Gasteiger charge is 2.13. The maximum atomic E-state index is 14.0. The van der Waals surface area contributed by atoms with Crippen molar-refractivity contribution >= 4 is 29.0 Å². The number of halogens is 1. The van der Waals surface area contributed by atoms with E-state index in [2.05, 4.69) is 23.5 Å². The summed E-state index contributed by atoms with van der Waals surface area (Å²) < 4.78 is 14.0. The van der Waals surface area contributed by atoms with Crippen LogP contribution in [0.4, 0.5) is 10.1 Å². The van der Waals surface area contributed by atoms with Gasteiger partial charge in [-0.25, -0.2) is 4.39 Å². The van der Waals surface area contributed by atoms with E-state index in [0.717, 1.165) is 11.1 Å². The van der Waals surface area contributed by atoms with E-state index < -0.39 is 0 Å². The third-order valence-electron chi connectivity index (χ3n) is 4.98. The fraction of sp³-hybridized carbons (Fsp3) is 0.0769. The summed E-state index contributed by atoms with van der Waals surface area (Å²) in [6.45, 7) is 9.70. The molecule has 0 aliphatic rings. The van der Waals surface area contributed by atoms with Crippen molar-refractivity contribution < 1.29 is 4.39 Å². The molecule has 0 saturated carbocycles. The van der Waals surface area contributed by atoms with Crippen LogP contribution in [0.15, 0.2) is 84.9 Å². The zero-order valence-electron chi connectivity index (χ0n) is 17.5. The summed E-state index contributed by atoms with van der Waals surface area (Å²) in [5.74, 6) is 0.161. The molecule has 0 atom stereocenters. The third-order valence-corrected chi connectivity index (χ3v) is 4.98. The molecule has 31 heavy (non-hydrogen) atoms. The molecule has 0 aliphatic carbocycles. The van der Waals surface area contributed by atoms with E-state index in [1.165, 1.54) is 6.07 Å². The SMILES string of the molecule is C=Cc1ccccc1C(=N)CN=C(NC(=C)c1cccc(F)c1C)c1ccccc1N. The smallest absolute Gasteiger partial charge is 0.135 e. The molecule has 0 aromatic heterocycles. The first-order chi connectivity index (χ1) is 14.9. The van der Waals surface area contributed by atoms with Gasteiger partial charge in [0.05, 0.1) is 12.3 Å². The van der Waals surface area contributed by atoms with Gasteiger partial charge < -0.3 is 16.5 Å². The summed E-state index contributed by atoms with van der Waals surface area (Å²) in [4.78, 5) is 4.64. The summed E-state index contributed by atoms with van der Waals surface area (Å²) in [7, 11) is 0. The predicted molar refractivity (Wildman–Crippen MR) is 129 cm³/mol. The summed E-state index contributed by atoms with van der Waals surface area (Å²) >= 11 is 0. The second kappa shape index (κ2) is 9.67. The van der Waals surface area contributed by atoms with Gasteiger partial charge in [-0.1, -0.05) is 67.8 Å². The molecule has 0 aliphatic heterocycles. The summed E-state index contributed by atoms with van der Waals surface area (Å²) in [6.07, 6.45) is 1.72. The highest BCUT2D eigenvalue weighted by molar-refractivity contribution is 6.09. The molecule has 0 amide bonds. The van der Waals surface area contributed by atoms with Crippen molar-refractivity contribution in [2.24, 2.45) is 4.99 Å². The maximum Gasteiger partial charge on any atom is 0.135 e. The van der Waals surface area contributed by atoms with Crippen molar-refractivity contribution in [1.29, 1.82) is 5.41 Å². The molecule has 0 saturated heterocycles. The number of aliphatic imine (C=N–C) groups is 1. The van der Waals surface area contributed by atoms with Crippen molar-refractivity contribution in [2.45, 2.75) is 6.92 Å². The van der Waals surface area contributed by atoms with Gasteiger partial charge in [-0.3, -0.25) is 4.99 Å². The van der Waals surface area contributed by atoms with Crippen LogP contribution < -0.4 is 11.1 Å². The van der Waals surface area contributed by atoms with Crippen LogP contribution in [0, 0.1) is 18.2 Å². The molecule has 3 aromatic rings. The maximum absolute atomic E-state index is 14.0. The van der Waals surface area contributed by atoms with Gasteiger partial charge in [0.2, 0.25) is 0 Å². The third kappa shape index (κ3) is 4.95. The number of benzene rings is 3. The van der Waals surface area contributed by atoms with Gasteiger partial charge in [-0.2, -0.15) is 0 Å². The lowest BCUT2D eigenvalue weighted by Crippen LogP contribution is -2.25. The Morgan fingerprint density at radius 1 is 1.03 bits per heavy atom. The van der Waals surface area contributed by atoms with Gasteiger partial charge >= 0.3 is 0 Å². The second-order valence-electron chi connectivity index (χ2n) is 7.04. The summed E-state index contributed by atoms with van der Waals surface area (Å²) in [6, 6.07) is 19.7. The Hall–Kier alpha value is -3.99. The van der Waals surface area contributed by atoms with Gasteiger partial charge in [-0.05, 0) is 36.2 Å². The predicted octanol–water partition coefficient (Wildman–Crippen LogP) is 5.43. The molecule has 4 nitrogen and oxygen atoms in total. The van der Waals surface area contributed by atoms with Crippen LogP contribution in [0.25, 0.3) is 11.8 Å². The Labute approximate surface area is 182 Å². The average Bonchev–Trinajstić information content (AvgIpc) is 2.78. The van der Waals surface area contributed by atoms with E-state index in [-0.39, 0.29) is 12.4 Å². The van der Waals surface area contributed by atoms with Crippen LogP contribution in [-0.4, -0.2) is 18.1 Å². The Morgan fingerprint density at radius 2 is 1.68 bits per heavy atom. The fourth-order valence-electron chi connectivity index (χ4n) is 3.24. The second-order valence-corrected chi connectivity index (χ2v) is 7.04. The minimum Gasteiger partial charge on any atom is -0.398 e. The number of amidine groups is 1. The van der Waals surface area contributed by atoms with Crippen molar-refractivity contribution in [3.05, 3.63) is 114 Å². The van der Waals surface area contributed by atoms with E-state index in [0.29, 0.717) is 39.6 Å². The molecule has 0 unspecified atom stereocenters. The number of rotatable bonds is 7. The number of hydrogen-bond donors (Lipinski definition) is 3. The molecule has 0 bridgehead atoms. The van der Waals surface area contributed by atoms with E-state index in [1.54, 1.807) is 31.2 Å². The molecule has 156 valence electrons. The lowest BCUT2D eigenvalue weighted by molar-refractivity contribution is 0.618. The molecule has 5 heteroatoms. The van der Waals surface area contributed by atoms with E-state index in [9.17, 15) is 4.39 Å². The standard InChI is InChI=1S/C26H25FN4/c1-4-19-10-5-6-11-21(19)25(29)16-30-26(22-12-7-8-15-24(22)28)31-18(3)20-13-9-14-23(27)17(20)2/h4-15,29H,1,3,16,28H2,2H3,(H,30,31). The lowest BCUT2D eigenvalue weighted by atomic mass is 10.0. The van der Waals surface area contributed by atoms with Crippen molar-refractivity contribution in [2.75, 3.05) is 12.3 Å². The number of nitrogen functional groups attached to an aromatic ring is 1. The van der Waals surface area contributed by atoms with Gasteiger partial charge in [0.15, 0.2) is 0 Å². The first kappa shape index (κ1) is 21.7. The minimum atomic E-state index is -0.305. The number of para-hydroxylation sites is 1. The number of nitrogens with one attached hydrogen (secondary N) is 2. The molecule has 0 spiro atoms. The van der Waals surface area contributed by atoms with Gasteiger partial charge in [-0.15, -0.1) is 0 Å². The number of nitrogens with two attached hydrogens (primary N) is 1. The zero-order chi connectivity index (χ0) is 22.4. The van der Waals surface area contributed by atoms with Crippen molar-refractivity contribution in [1.82, 2.24) is 5.32 Å². The van der Waals surface area contributed by atoms with Gasteiger partial charge in [0.25, 0.3) is 0 Å². The quantitative estimate of drug-likeness (QED) is 0.275. The van der Waals surface area contributed by atoms with E-state index >= 15 is 0 Å². The Bertz CT molecular complexity index is 1180. The monoisotopic (exact) mass is 412 g/mol. The molecular weight excluding hydrogens is 387 g/mol. The highest BCUT2D eigenvalue weighted by Crippen LogP contribution is 2.20. The number of hydrogen-bond acceptors (Lipinski definition) is 3. The number of nitrogens with zero attached hydrogens (tertiary/aromatic N) is 1. The van der Waals surface area contributed by atoms with Crippen LogP contribution in [-0.2, 0) is 0 Å².